The lowest BCUT2D eigenvalue weighted by atomic mass is 9.95. The van der Waals surface area contributed by atoms with Crippen molar-refractivity contribution in [3.05, 3.63) is 83.9 Å². The van der Waals surface area contributed by atoms with Crippen LogP contribution in [-0.2, 0) is 0 Å². The lowest BCUT2D eigenvalue weighted by molar-refractivity contribution is 0.103. The average molecular weight is 489 g/mol. The number of hydrogen-bond acceptors (Lipinski definition) is 7. The number of phenols is 2. The zero-order valence-corrected chi connectivity index (χ0v) is 20.6. The van der Waals surface area contributed by atoms with Crippen LogP contribution in [0.15, 0.2) is 82.2 Å². The summed E-state index contributed by atoms with van der Waals surface area (Å²) in [5, 5.41) is 23.6. The Balaban J connectivity index is 1.64. The molecule has 180 valence electrons. The lowest BCUT2D eigenvalue weighted by Gasteiger charge is -2.17. The molecule has 2 N–H and O–H groups in total. The second kappa shape index (κ2) is 11.3. The third-order valence-electron chi connectivity index (χ3n) is 5.88. The highest BCUT2D eigenvalue weighted by Crippen LogP contribution is 2.35. The fourth-order valence-electron chi connectivity index (χ4n) is 3.81. The van der Waals surface area contributed by atoms with E-state index < -0.39 is 0 Å². The molecule has 0 aliphatic carbocycles. The number of phenolic OH excluding ortho intramolecular Hbond substituents is 2. The SMILES string of the molecule is CCN(CC)CCSc1ccc(C(=O)c2c(-c3ccc(O)cc3)noc2-c2ccc(O)cc2)cc1. The van der Waals surface area contributed by atoms with Gasteiger partial charge >= 0.3 is 0 Å². The van der Waals surface area contributed by atoms with Gasteiger partial charge in [-0.15, -0.1) is 11.8 Å². The Labute approximate surface area is 209 Å². The minimum atomic E-state index is -0.211. The van der Waals surface area contributed by atoms with E-state index in [4.69, 9.17) is 4.52 Å². The normalized spacial score (nSPS) is 11.2. The van der Waals surface area contributed by atoms with Gasteiger partial charge in [-0.3, -0.25) is 4.79 Å². The summed E-state index contributed by atoms with van der Waals surface area (Å²) in [6.45, 7) is 7.42. The summed E-state index contributed by atoms with van der Waals surface area (Å²) in [7, 11) is 0. The molecule has 1 aromatic heterocycles. The van der Waals surface area contributed by atoms with Gasteiger partial charge in [0.2, 0.25) is 0 Å². The van der Waals surface area contributed by atoms with Crippen LogP contribution < -0.4 is 0 Å². The predicted molar refractivity (Wildman–Crippen MR) is 139 cm³/mol. The maximum absolute atomic E-state index is 13.7. The van der Waals surface area contributed by atoms with Gasteiger partial charge in [0.15, 0.2) is 11.5 Å². The Morgan fingerprint density at radius 1 is 0.857 bits per heavy atom. The van der Waals surface area contributed by atoms with Crippen LogP contribution in [0, 0.1) is 0 Å². The fraction of sp³-hybridized carbons (Fsp3) is 0.214. The van der Waals surface area contributed by atoms with Crippen LogP contribution in [-0.4, -0.2) is 51.4 Å². The van der Waals surface area contributed by atoms with Crippen LogP contribution in [0.1, 0.15) is 29.8 Å². The first-order valence-corrected chi connectivity index (χ1v) is 12.6. The van der Waals surface area contributed by atoms with Crippen molar-refractivity contribution < 1.29 is 19.5 Å². The molecular weight excluding hydrogens is 460 g/mol. The predicted octanol–water partition coefficient (Wildman–Crippen LogP) is 6.08. The number of aromatic hydroxyl groups is 2. The highest BCUT2D eigenvalue weighted by atomic mass is 32.2. The molecule has 4 aromatic rings. The lowest BCUT2D eigenvalue weighted by Crippen LogP contribution is -2.25. The van der Waals surface area contributed by atoms with E-state index in [-0.39, 0.29) is 17.3 Å². The molecule has 0 spiro atoms. The van der Waals surface area contributed by atoms with Crippen LogP contribution in [0.2, 0.25) is 0 Å². The summed E-state index contributed by atoms with van der Waals surface area (Å²) < 4.78 is 5.65. The van der Waals surface area contributed by atoms with Gasteiger partial charge in [0.25, 0.3) is 0 Å². The molecule has 3 aromatic carbocycles. The molecule has 0 fully saturated rings. The Bertz CT molecular complexity index is 1200. The molecule has 1 heterocycles. The van der Waals surface area contributed by atoms with Gasteiger partial charge in [0.1, 0.15) is 17.2 Å². The van der Waals surface area contributed by atoms with Crippen LogP contribution >= 0.6 is 11.8 Å². The van der Waals surface area contributed by atoms with Crippen LogP contribution in [0.5, 0.6) is 11.5 Å². The van der Waals surface area contributed by atoms with Gasteiger partial charge in [-0.2, -0.15) is 0 Å². The monoisotopic (exact) mass is 488 g/mol. The summed E-state index contributed by atoms with van der Waals surface area (Å²) >= 11 is 1.77. The second-order valence-corrected chi connectivity index (χ2v) is 9.23. The standard InChI is InChI=1S/C28H28N2O4S/c1-3-30(4-2)17-18-35-24-15-9-20(10-16-24)27(33)25-26(19-5-11-22(31)12-6-19)29-34-28(25)21-7-13-23(32)14-8-21/h5-16,31-32H,3-4,17-18H2,1-2H3. The van der Waals surface area contributed by atoms with E-state index in [9.17, 15) is 15.0 Å². The zero-order chi connectivity index (χ0) is 24.8. The first kappa shape index (κ1) is 24.6. The van der Waals surface area contributed by atoms with Gasteiger partial charge in [-0.1, -0.05) is 19.0 Å². The Kier molecular flexibility index (Phi) is 7.90. The number of nitrogens with zero attached hydrogens (tertiary/aromatic N) is 2. The molecule has 0 saturated heterocycles. The van der Waals surface area contributed by atoms with E-state index in [2.05, 4.69) is 23.9 Å². The number of ketones is 1. The minimum absolute atomic E-state index is 0.119. The van der Waals surface area contributed by atoms with Crippen molar-refractivity contribution in [2.45, 2.75) is 18.7 Å². The smallest absolute Gasteiger partial charge is 0.199 e. The molecule has 0 radical (unpaired) electrons. The summed E-state index contributed by atoms with van der Waals surface area (Å²) in [5.41, 5.74) is 2.55. The summed E-state index contributed by atoms with van der Waals surface area (Å²) in [4.78, 5) is 17.2. The van der Waals surface area contributed by atoms with Crippen molar-refractivity contribution in [1.29, 1.82) is 0 Å². The molecule has 0 amide bonds. The largest absolute Gasteiger partial charge is 0.508 e. The fourth-order valence-corrected chi connectivity index (χ4v) is 4.72. The Morgan fingerprint density at radius 2 is 1.43 bits per heavy atom. The molecular formula is C28H28N2O4S. The third-order valence-corrected chi connectivity index (χ3v) is 6.87. The molecule has 7 heteroatoms. The molecule has 0 atom stereocenters. The van der Waals surface area contributed by atoms with Gasteiger partial charge in [0.05, 0.1) is 5.56 Å². The van der Waals surface area contributed by atoms with Crippen molar-refractivity contribution in [2.75, 3.05) is 25.4 Å². The molecule has 35 heavy (non-hydrogen) atoms. The molecule has 0 unspecified atom stereocenters. The number of carbonyl (C=O) groups excluding carboxylic acids is 1. The molecule has 0 aliphatic rings. The maximum atomic E-state index is 13.7. The van der Waals surface area contributed by atoms with Crippen molar-refractivity contribution >= 4 is 17.5 Å². The van der Waals surface area contributed by atoms with Crippen molar-refractivity contribution in [3.63, 3.8) is 0 Å². The number of carbonyl (C=O) groups is 1. The van der Waals surface area contributed by atoms with Crippen molar-refractivity contribution in [3.8, 4) is 34.1 Å². The topological polar surface area (TPSA) is 86.8 Å². The third kappa shape index (κ3) is 5.75. The molecule has 6 nitrogen and oxygen atoms in total. The first-order chi connectivity index (χ1) is 17.0. The summed E-state index contributed by atoms with van der Waals surface area (Å²) in [6, 6.07) is 20.5. The van der Waals surface area contributed by atoms with E-state index in [0.717, 1.165) is 30.3 Å². The zero-order valence-electron chi connectivity index (χ0n) is 19.8. The van der Waals surface area contributed by atoms with E-state index in [0.29, 0.717) is 33.7 Å². The average Bonchev–Trinajstić information content (AvgIpc) is 3.32. The number of thioether (sulfide) groups is 1. The number of benzene rings is 3. The van der Waals surface area contributed by atoms with Crippen LogP contribution in [0.3, 0.4) is 0 Å². The van der Waals surface area contributed by atoms with E-state index in [1.54, 1.807) is 48.2 Å². The van der Waals surface area contributed by atoms with Crippen molar-refractivity contribution in [1.82, 2.24) is 10.1 Å². The molecule has 0 aliphatic heterocycles. The van der Waals surface area contributed by atoms with Gasteiger partial charge in [-0.25, -0.2) is 0 Å². The first-order valence-electron chi connectivity index (χ1n) is 11.6. The van der Waals surface area contributed by atoms with E-state index in [1.807, 2.05) is 24.3 Å². The minimum Gasteiger partial charge on any atom is -0.508 e. The van der Waals surface area contributed by atoms with Crippen LogP contribution in [0.4, 0.5) is 0 Å². The van der Waals surface area contributed by atoms with Crippen LogP contribution in [0.25, 0.3) is 22.6 Å². The Morgan fingerprint density at radius 3 is 2.00 bits per heavy atom. The highest BCUT2D eigenvalue weighted by Gasteiger charge is 2.26. The van der Waals surface area contributed by atoms with Gasteiger partial charge < -0.3 is 19.6 Å². The van der Waals surface area contributed by atoms with E-state index in [1.165, 1.54) is 12.1 Å². The maximum Gasteiger partial charge on any atom is 0.199 e. The summed E-state index contributed by atoms with van der Waals surface area (Å²) in [6.07, 6.45) is 0. The van der Waals surface area contributed by atoms with Gasteiger partial charge in [-0.05, 0) is 85.9 Å². The second-order valence-electron chi connectivity index (χ2n) is 8.06. The summed E-state index contributed by atoms with van der Waals surface area (Å²) in [5.74, 6) is 1.34. The highest BCUT2D eigenvalue weighted by molar-refractivity contribution is 7.99. The molecule has 4 rings (SSSR count). The number of aromatic nitrogens is 1. The number of hydrogen-bond donors (Lipinski definition) is 2. The number of rotatable bonds is 10. The molecule has 0 bridgehead atoms. The molecule has 0 saturated carbocycles. The quantitative estimate of drug-likeness (QED) is 0.206. The van der Waals surface area contributed by atoms with Gasteiger partial charge in [0, 0.05) is 33.9 Å². The van der Waals surface area contributed by atoms with E-state index >= 15 is 0 Å². The van der Waals surface area contributed by atoms with Crippen molar-refractivity contribution in [2.24, 2.45) is 0 Å². The Hall–Kier alpha value is -3.55.